The molecule has 4 rings (SSSR count). The molecule has 2 aromatic heterocycles. The molecule has 2 heterocycles. The summed E-state index contributed by atoms with van der Waals surface area (Å²) in [6.07, 6.45) is 1.18. The quantitative estimate of drug-likeness (QED) is 0.382. The third kappa shape index (κ3) is 4.22. The van der Waals surface area contributed by atoms with Crippen LogP contribution < -0.4 is 10.0 Å². The van der Waals surface area contributed by atoms with E-state index in [9.17, 15) is 12.8 Å². The minimum atomic E-state index is -4.24. The number of rotatable bonds is 5. The van der Waals surface area contributed by atoms with Crippen LogP contribution in [0.1, 0.15) is 0 Å². The number of fused-ring (bicyclic) bond motifs is 1. The molecule has 0 aliphatic carbocycles. The Morgan fingerprint density at radius 1 is 0.935 bits per heavy atom. The van der Waals surface area contributed by atoms with E-state index in [1.807, 2.05) is 0 Å². The average molecular weight is 482 g/mol. The zero-order chi connectivity index (χ0) is 22.2. The van der Waals surface area contributed by atoms with E-state index in [4.69, 9.17) is 23.2 Å². The standard InChI is InChI=1S/C19H11Cl2F2N5O2S/c20-10-3-1-2-4-14(10)31(29,30)28-12-6-5-11(22)17(16(12)23)27-19-18-13(24-9-25-19)7-8-15(21)26-18/h1-9,28H,(H,24,25,27). The number of hydrogen-bond donors (Lipinski definition) is 2. The maximum absolute atomic E-state index is 15.1. The largest absolute Gasteiger partial charge is 0.333 e. The number of anilines is 3. The number of hydrogen-bond acceptors (Lipinski definition) is 6. The summed E-state index contributed by atoms with van der Waals surface area (Å²) in [6, 6.07) is 10.6. The van der Waals surface area contributed by atoms with Gasteiger partial charge in [-0.3, -0.25) is 4.72 Å². The molecule has 0 radical (unpaired) electrons. The van der Waals surface area contributed by atoms with Crippen molar-refractivity contribution in [3.8, 4) is 0 Å². The zero-order valence-electron chi connectivity index (χ0n) is 15.3. The van der Waals surface area contributed by atoms with Crippen molar-refractivity contribution in [2.45, 2.75) is 4.90 Å². The van der Waals surface area contributed by atoms with Gasteiger partial charge in [-0.1, -0.05) is 35.3 Å². The van der Waals surface area contributed by atoms with Crippen molar-refractivity contribution in [2.24, 2.45) is 0 Å². The number of nitrogens with zero attached hydrogens (tertiary/aromatic N) is 3. The highest BCUT2D eigenvalue weighted by molar-refractivity contribution is 7.92. The smallest absolute Gasteiger partial charge is 0.263 e. The number of benzene rings is 2. The van der Waals surface area contributed by atoms with Crippen molar-refractivity contribution in [1.82, 2.24) is 15.0 Å². The summed E-state index contributed by atoms with van der Waals surface area (Å²) in [5, 5.41) is 2.59. The van der Waals surface area contributed by atoms with Gasteiger partial charge in [-0.2, -0.15) is 0 Å². The fraction of sp³-hybridized carbons (Fsp3) is 0. The second-order valence-corrected chi connectivity index (χ2v) is 8.61. The van der Waals surface area contributed by atoms with Crippen LogP contribution in [-0.4, -0.2) is 23.4 Å². The van der Waals surface area contributed by atoms with Gasteiger partial charge in [-0.05, 0) is 36.4 Å². The van der Waals surface area contributed by atoms with E-state index in [1.165, 1.54) is 30.6 Å². The van der Waals surface area contributed by atoms with Crippen LogP contribution in [0, 0.1) is 11.6 Å². The Balaban J connectivity index is 1.74. The van der Waals surface area contributed by atoms with Crippen molar-refractivity contribution < 1.29 is 17.2 Å². The molecule has 0 atom stereocenters. The SMILES string of the molecule is O=S(=O)(Nc1ccc(F)c(Nc2ncnc3ccc(Cl)nc23)c1F)c1ccccc1Cl. The van der Waals surface area contributed by atoms with E-state index < -0.39 is 33.0 Å². The summed E-state index contributed by atoms with van der Waals surface area (Å²) in [6.45, 7) is 0. The third-order valence-electron chi connectivity index (χ3n) is 4.15. The molecule has 7 nitrogen and oxygen atoms in total. The summed E-state index contributed by atoms with van der Waals surface area (Å²) in [4.78, 5) is 11.8. The summed E-state index contributed by atoms with van der Waals surface area (Å²) >= 11 is 11.8. The zero-order valence-corrected chi connectivity index (χ0v) is 17.6. The van der Waals surface area contributed by atoms with E-state index in [0.717, 1.165) is 12.1 Å². The molecule has 31 heavy (non-hydrogen) atoms. The van der Waals surface area contributed by atoms with Crippen molar-refractivity contribution in [3.05, 3.63) is 76.7 Å². The molecule has 0 aliphatic rings. The lowest BCUT2D eigenvalue weighted by atomic mass is 10.2. The van der Waals surface area contributed by atoms with Gasteiger partial charge in [-0.15, -0.1) is 0 Å². The Bertz CT molecular complexity index is 1420. The number of halogens is 4. The molecule has 0 aliphatic heterocycles. The first-order valence-electron chi connectivity index (χ1n) is 8.56. The molecule has 0 unspecified atom stereocenters. The lowest BCUT2D eigenvalue weighted by molar-refractivity contribution is 0.588. The topological polar surface area (TPSA) is 96.9 Å². The molecule has 0 saturated heterocycles. The average Bonchev–Trinajstić information content (AvgIpc) is 2.73. The second-order valence-electron chi connectivity index (χ2n) is 6.17. The van der Waals surface area contributed by atoms with Crippen LogP contribution in [0.3, 0.4) is 0 Å². The van der Waals surface area contributed by atoms with Crippen LogP contribution in [0.15, 0.2) is 59.8 Å². The Hall–Kier alpha value is -3.08. The van der Waals surface area contributed by atoms with Crippen molar-refractivity contribution in [3.63, 3.8) is 0 Å². The van der Waals surface area contributed by atoms with Gasteiger partial charge in [0.1, 0.15) is 33.4 Å². The molecule has 0 fully saturated rings. The maximum atomic E-state index is 15.1. The summed E-state index contributed by atoms with van der Waals surface area (Å²) in [5.74, 6) is -2.19. The minimum Gasteiger partial charge on any atom is -0.333 e. The molecule has 4 aromatic rings. The van der Waals surface area contributed by atoms with Crippen LogP contribution in [0.5, 0.6) is 0 Å². The van der Waals surface area contributed by atoms with Gasteiger partial charge in [0.05, 0.1) is 16.2 Å². The molecule has 158 valence electrons. The molecular formula is C19H11Cl2F2N5O2S. The monoisotopic (exact) mass is 481 g/mol. The Labute approximate surface area is 185 Å². The van der Waals surface area contributed by atoms with E-state index in [0.29, 0.717) is 5.52 Å². The van der Waals surface area contributed by atoms with Gasteiger partial charge in [0.2, 0.25) is 0 Å². The molecule has 0 saturated carbocycles. The predicted octanol–water partition coefficient (Wildman–Crippen LogP) is 5.15. The first-order valence-corrected chi connectivity index (χ1v) is 10.8. The Morgan fingerprint density at radius 3 is 2.48 bits per heavy atom. The van der Waals surface area contributed by atoms with Crippen LogP contribution in [0.25, 0.3) is 11.0 Å². The summed E-state index contributed by atoms with van der Waals surface area (Å²) in [7, 11) is -4.24. The van der Waals surface area contributed by atoms with E-state index in [1.54, 1.807) is 12.1 Å². The molecular weight excluding hydrogens is 471 g/mol. The number of nitrogens with one attached hydrogen (secondary N) is 2. The lowest BCUT2D eigenvalue weighted by Gasteiger charge is -2.14. The van der Waals surface area contributed by atoms with Gasteiger partial charge in [0, 0.05) is 0 Å². The number of pyridine rings is 1. The molecule has 2 N–H and O–H groups in total. The van der Waals surface area contributed by atoms with Gasteiger partial charge in [-0.25, -0.2) is 32.2 Å². The third-order valence-corrected chi connectivity index (χ3v) is 6.23. The Morgan fingerprint density at radius 2 is 1.71 bits per heavy atom. The van der Waals surface area contributed by atoms with Crippen molar-refractivity contribution in [2.75, 3.05) is 10.0 Å². The fourth-order valence-electron chi connectivity index (χ4n) is 2.73. The van der Waals surface area contributed by atoms with Gasteiger partial charge in [0.15, 0.2) is 11.6 Å². The molecule has 0 bridgehead atoms. The molecule has 12 heteroatoms. The highest BCUT2D eigenvalue weighted by Gasteiger charge is 2.22. The van der Waals surface area contributed by atoms with Crippen LogP contribution in [0.4, 0.5) is 26.0 Å². The van der Waals surface area contributed by atoms with Gasteiger partial charge in [0.25, 0.3) is 10.0 Å². The minimum absolute atomic E-state index is 0.0172. The van der Waals surface area contributed by atoms with E-state index in [2.05, 4.69) is 25.0 Å². The van der Waals surface area contributed by atoms with Crippen LogP contribution >= 0.6 is 23.2 Å². The van der Waals surface area contributed by atoms with E-state index in [-0.39, 0.29) is 26.4 Å². The first kappa shape index (κ1) is 21.2. The second kappa shape index (κ2) is 8.22. The van der Waals surface area contributed by atoms with Crippen LogP contribution in [0.2, 0.25) is 10.2 Å². The Kier molecular flexibility index (Phi) is 5.61. The highest BCUT2D eigenvalue weighted by Crippen LogP contribution is 2.32. The van der Waals surface area contributed by atoms with Crippen molar-refractivity contribution >= 4 is 61.5 Å². The number of aromatic nitrogens is 3. The molecule has 0 spiro atoms. The maximum Gasteiger partial charge on any atom is 0.263 e. The summed E-state index contributed by atoms with van der Waals surface area (Å²) < 4.78 is 56.8. The predicted molar refractivity (Wildman–Crippen MR) is 114 cm³/mol. The van der Waals surface area contributed by atoms with Gasteiger partial charge >= 0.3 is 0 Å². The highest BCUT2D eigenvalue weighted by atomic mass is 35.5. The normalized spacial score (nSPS) is 11.5. The molecule has 2 aromatic carbocycles. The lowest BCUT2D eigenvalue weighted by Crippen LogP contribution is -2.15. The molecule has 0 amide bonds. The first-order chi connectivity index (χ1) is 14.8. The van der Waals surface area contributed by atoms with E-state index >= 15 is 4.39 Å². The van der Waals surface area contributed by atoms with Gasteiger partial charge < -0.3 is 5.32 Å². The summed E-state index contributed by atoms with van der Waals surface area (Å²) in [5.41, 5.74) is -0.566. The van der Waals surface area contributed by atoms with Crippen LogP contribution in [-0.2, 0) is 10.0 Å². The van der Waals surface area contributed by atoms with Crippen molar-refractivity contribution in [1.29, 1.82) is 0 Å². The fourth-order valence-corrected chi connectivity index (χ4v) is 4.46. The number of sulfonamides is 1.